The number of aromatic nitrogens is 2. The third kappa shape index (κ3) is 5.33. The minimum atomic E-state index is -0.502. The van der Waals surface area contributed by atoms with Gasteiger partial charge in [0.25, 0.3) is 0 Å². The van der Waals surface area contributed by atoms with Crippen LogP contribution >= 0.6 is 11.3 Å². The van der Waals surface area contributed by atoms with Crippen LogP contribution < -0.4 is 0 Å². The van der Waals surface area contributed by atoms with E-state index in [2.05, 4.69) is 212 Å². The molecule has 0 bridgehead atoms. The number of rotatable bonds is 6. The minimum Gasteiger partial charge on any atom is -0.228 e. The lowest BCUT2D eigenvalue weighted by atomic mass is 9.67. The Bertz CT molecular complexity index is 3380. The van der Waals surface area contributed by atoms with Crippen LogP contribution in [0, 0.1) is 0 Å². The molecule has 1 aliphatic carbocycles. The zero-order valence-electron chi connectivity index (χ0n) is 32.6. The Balaban J connectivity index is 1.06. The van der Waals surface area contributed by atoms with Crippen molar-refractivity contribution in [3.05, 3.63) is 241 Å². The standard InChI is InChI=1S/C57H36N2S/c1-4-17-38(18-5-1)56-58-50(41-20-14-19-39(34-41)40-31-32-52-47(35-40)55-44-25-11-10-16-37(44)30-33-53(55)60-52)36-51(59-56)46-27-15-29-49-54(46)45-26-12-13-28-48(45)57(49,42-21-6-2-7-22-42)43-23-8-3-9-24-43/h1-36H. The smallest absolute Gasteiger partial charge is 0.160 e. The van der Waals surface area contributed by atoms with E-state index in [-0.39, 0.29) is 0 Å². The Hall–Kier alpha value is -7.46. The summed E-state index contributed by atoms with van der Waals surface area (Å²) in [6, 6.07) is 79.2. The van der Waals surface area contributed by atoms with Crippen molar-refractivity contribution in [3.63, 3.8) is 0 Å². The van der Waals surface area contributed by atoms with Gasteiger partial charge in [-0.3, -0.25) is 0 Å². The molecule has 0 spiro atoms. The first kappa shape index (κ1) is 34.6. The van der Waals surface area contributed by atoms with E-state index < -0.39 is 5.41 Å². The van der Waals surface area contributed by atoms with Crippen LogP contribution in [0.25, 0.3) is 87.1 Å². The predicted octanol–water partition coefficient (Wildman–Crippen LogP) is 15.0. The summed E-state index contributed by atoms with van der Waals surface area (Å²) in [5, 5.41) is 5.20. The average molecular weight is 781 g/mol. The summed E-state index contributed by atoms with van der Waals surface area (Å²) in [5.74, 6) is 0.702. The van der Waals surface area contributed by atoms with Gasteiger partial charge in [-0.25, -0.2) is 9.97 Å². The molecule has 0 N–H and O–H groups in total. The Morgan fingerprint density at radius 3 is 1.78 bits per heavy atom. The van der Waals surface area contributed by atoms with Gasteiger partial charge in [0.2, 0.25) is 0 Å². The van der Waals surface area contributed by atoms with Gasteiger partial charge in [0.1, 0.15) is 0 Å². The maximum Gasteiger partial charge on any atom is 0.160 e. The van der Waals surface area contributed by atoms with Crippen molar-refractivity contribution in [2.45, 2.75) is 5.41 Å². The van der Waals surface area contributed by atoms with Gasteiger partial charge in [0, 0.05) is 36.9 Å². The summed E-state index contributed by atoms with van der Waals surface area (Å²) in [4.78, 5) is 10.7. The van der Waals surface area contributed by atoms with Crippen molar-refractivity contribution < 1.29 is 0 Å². The summed E-state index contributed by atoms with van der Waals surface area (Å²) >= 11 is 1.86. The van der Waals surface area contributed by atoms with Crippen LogP contribution in [0.5, 0.6) is 0 Å². The van der Waals surface area contributed by atoms with Gasteiger partial charge < -0.3 is 0 Å². The van der Waals surface area contributed by atoms with Crippen LogP contribution in [-0.4, -0.2) is 9.97 Å². The Labute approximate surface area is 352 Å². The first-order valence-electron chi connectivity index (χ1n) is 20.5. The van der Waals surface area contributed by atoms with Crippen molar-refractivity contribution in [1.82, 2.24) is 9.97 Å². The maximum atomic E-state index is 5.40. The Morgan fingerprint density at radius 2 is 0.967 bits per heavy atom. The molecule has 60 heavy (non-hydrogen) atoms. The number of thiophene rings is 1. The van der Waals surface area contributed by atoms with E-state index >= 15 is 0 Å². The second-order valence-electron chi connectivity index (χ2n) is 15.6. The van der Waals surface area contributed by atoms with E-state index in [0.29, 0.717) is 5.82 Å². The highest BCUT2D eigenvalue weighted by Crippen LogP contribution is 2.58. The molecule has 0 unspecified atom stereocenters. The molecular formula is C57H36N2S. The molecule has 3 heteroatoms. The molecule has 12 rings (SSSR count). The molecule has 0 saturated heterocycles. The third-order valence-corrected chi connectivity index (χ3v) is 13.5. The first-order valence-corrected chi connectivity index (χ1v) is 21.3. The lowest BCUT2D eigenvalue weighted by Crippen LogP contribution is -2.28. The van der Waals surface area contributed by atoms with Crippen LogP contribution in [-0.2, 0) is 5.41 Å². The van der Waals surface area contributed by atoms with Gasteiger partial charge in [-0.1, -0.05) is 188 Å². The number of hydrogen-bond acceptors (Lipinski definition) is 3. The van der Waals surface area contributed by atoms with E-state index in [0.717, 1.165) is 33.6 Å². The lowest BCUT2D eigenvalue weighted by Gasteiger charge is -2.33. The van der Waals surface area contributed by atoms with E-state index in [1.807, 2.05) is 17.4 Å². The van der Waals surface area contributed by atoms with Gasteiger partial charge in [0.15, 0.2) is 5.82 Å². The predicted molar refractivity (Wildman–Crippen MR) is 251 cm³/mol. The van der Waals surface area contributed by atoms with E-state index in [1.54, 1.807) is 0 Å². The Kier molecular flexibility index (Phi) is 7.97. The van der Waals surface area contributed by atoms with Crippen molar-refractivity contribution in [3.8, 4) is 56.2 Å². The van der Waals surface area contributed by atoms with Crippen LogP contribution in [0.1, 0.15) is 22.3 Å². The van der Waals surface area contributed by atoms with Crippen molar-refractivity contribution in [2.75, 3.05) is 0 Å². The monoisotopic (exact) mass is 780 g/mol. The molecule has 2 aromatic heterocycles. The van der Waals surface area contributed by atoms with E-state index in [9.17, 15) is 0 Å². The molecule has 0 saturated carbocycles. The van der Waals surface area contributed by atoms with Crippen LogP contribution in [0.4, 0.5) is 0 Å². The highest BCUT2D eigenvalue weighted by Gasteiger charge is 2.46. The summed E-state index contributed by atoms with van der Waals surface area (Å²) in [6.45, 7) is 0. The molecule has 0 radical (unpaired) electrons. The number of hydrogen-bond donors (Lipinski definition) is 0. The lowest BCUT2D eigenvalue weighted by molar-refractivity contribution is 0.768. The molecule has 2 heterocycles. The summed E-state index contributed by atoms with van der Waals surface area (Å²) in [6.07, 6.45) is 0. The van der Waals surface area contributed by atoms with E-state index in [4.69, 9.17) is 9.97 Å². The fourth-order valence-electron chi connectivity index (χ4n) is 9.74. The topological polar surface area (TPSA) is 25.8 Å². The van der Waals surface area contributed by atoms with Crippen molar-refractivity contribution in [1.29, 1.82) is 0 Å². The number of fused-ring (bicyclic) bond motifs is 8. The summed E-state index contributed by atoms with van der Waals surface area (Å²) < 4.78 is 2.62. The van der Waals surface area contributed by atoms with Gasteiger partial charge >= 0.3 is 0 Å². The van der Waals surface area contributed by atoms with E-state index in [1.165, 1.54) is 69.9 Å². The van der Waals surface area contributed by atoms with Crippen molar-refractivity contribution >= 4 is 42.3 Å². The van der Waals surface area contributed by atoms with Crippen LogP contribution in [0.3, 0.4) is 0 Å². The molecule has 9 aromatic carbocycles. The normalized spacial score (nSPS) is 12.8. The third-order valence-electron chi connectivity index (χ3n) is 12.4. The number of nitrogens with zero attached hydrogens (tertiary/aromatic N) is 2. The zero-order chi connectivity index (χ0) is 39.6. The molecule has 0 fully saturated rings. The highest BCUT2D eigenvalue weighted by atomic mass is 32.1. The van der Waals surface area contributed by atoms with Gasteiger partial charge in [0.05, 0.1) is 16.8 Å². The van der Waals surface area contributed by atoms with Gasteiger partial charge in [-0.05, 0) is 85.6 Å². The van der Waals surface area contributed by atoms with Gasteiger partial charge in [-0.15, -0.1) is 11.3 Å². The molecule has 2 nitrogen and oxygen atoms in total. The summed E-state index contributed by atoms with van der Waals surface area (Å²) in [5.41, 5.74) is 14.2. The molecule has 1 aliphatic rings. The zero-order valence-corrected chi connectivity index (χ0v) is 33.4. The van der Waals surface area contributed by atoms with Crippen LogP contribution in [0.2, 0.25) is 0 Å². The second-order valence-corrected chi connectivity index (χ2v) is 16.7. The van der Waals surface area contributed by atoms with Crippen molar-refractivity contribution in [2.24, 2.45) is 0 Å². The highest BCUT2D eigenvalue weighted by molar-refractivity contribution is 7.26. The van der Waals surface area contributed by atoms with Crippen LogP contribution in [0.15, 0.2) is 218 Å². The minimum absolute atomic E-state index is 0.502. The molecule has 0 aliphatic heterocycles. The quantitative estimate of drug-likeness (QED) is 0.168. The molecular weight excluding hydrogens is 745 g/mol. The largest absolute Gasteiger partial charge is 0.228 e. The Morgan fingerprint density at radius 1 is 0.367 bits per heavy atom. The maximum absolute atomic E-state index is 5.40. The first-order chi connectivity index (χ1) is 29.7. The fraction of sp³-hybridized carbons (Fsp3) is 0.0175. The number of benzene rings is 9. The van der Waals surface area contributed by atoms with Gasteiger partial charge in [-0.2, -0.15) is 0 Å². The molecule has 11 aromatic rings. The molecule has 0 atom stereocenters. The SMILES string of the molecule is c1ccc(-c2nc(-c3cccc(-c4ccc5sc6ccc7ccccc7c6c5c4)c3)cc(-c3cccc4c3-c3ccccc3C4(c3ccccc3)c3ccccc3)n2)cc1. The average Bonchev–Trinajstić information content (AvgIpc) is 3.86. The molecule has 0 amide bonds. The second kappa shape index (κ2) is 13.8. The fourth-order valence-corrected chi connectivity index (χ4v) is 10.8. The summed E-state index contributed by atoms with van der Waals surface area (Å²) in [7, 11) is 0. The molecule has 280 valence electrons.